The van der Waals surface area contributed by atoms with Crippen molar-refractivity contribution in [1.82, 2.24) is 0 Å². The number of fused-ring (bicyclic) bond motifs is 5. The molecule has 0 bridgehead atoms. The van der Waals surface area contributed by atoms with Gasteiger partial charge in [-0.3, -0.25) is 0 Å². The normalized spacial score (nSPS) is 46.7. The average molecular weight is 383 g/mol. The van der Waals surface area contributed by atoms with Crippen LogP contribution in [0, 0.1) is 40.3 Å². The van der Waals surface area contributed by atoms with Crippen LogP contribution in [0.25, 0.3) is 6.08 Å². The standard InChI is InChI=1S/C26H35FO/c1-25-12-4-3-7-19(25)9-10-21-22(25)11-13-26(2)23(21)16-18(24(26)28)14-17-6-5-8-20(27)15-17/h5-6,8,14-15,19,21-24,28H,3-4,7,9-13,16H2,1-2H3/b18-14+/t19-,21-,22+,23+,24-,25+,26+/m1/s1. The molecule has 2 heteroatoms. The lowest BCUT2D eigenvalue weighted by molar-refractivity contribution is -0.119. The van der Waals surface area contributed by atoms with Crippen molar-refractivity contribution in [2.75, 3.05) is 0 Å². The maximum Gasteiger partial charge on any atom is 0.123 e. The Labute approximate surface area is 169 Å². The van der Waals surface area contributed by atoms with E-state index in [2.05, 4.69) is 19.9 Å². The van der Waals surface area contributed by atoms with Crippen LogP contribution in [0.2, 0.25) is 0 Å². The zero-order valence-electron chi connectivity index (χ0n) is 17.5. The van der Waals surface area contributed by atoms with E-state index in [4.69, 9.17) is 0 Å². The second kappa shape index (κ2) is 6.69. The minimum atomic E-state index is -0.376. The van der Waals surface area contributed by atoms with E-state index in [-0.39, 0.29) is 17.3 Å². The number of hydrogen-bond acceptors (Lipinski definition) is 1. The van der Waals surface area contributed by atoms with Gasteiger partial charge in [-0.15, -0.1) is 0 Å². The van der Waals surface area contributed by atoms with E-state index in [1.54, 1.807) is 12.1 Å². The topological polar surface area (TPSA) is 20.2 Å². The molecular formula is C26H35FO. The summed E-state index contributed by atoms with van der Waals surface area (Å²) in [6.07, 6.45) is 13.6. The van der Waals surface area contributed by atoms with Crippen molar-refractivity contribution in [2.24, 2.45) is 34.5 Å². The molecule has 0 unspecified atom stereocenters. The Kier molecular flexibility index (Phi) is 4.50. The second-order valence-corrected chi connectivity index (χ2v) is 10.8. The van der Waals surface area contributed by atoms with Gasteiger partial charge in [-0.1, -0.05) is 44.9 Å². The Balaban J connectivity index is 1.46. The first-order chi connectivity index (χ1) is 13.4. The van der Waals surface area contributed by atoms with E-state index in [1.165, 1.54) is 51.0 Å². The average Bonchev–Trinajstić information content (AvgIpc) is 2.92. The minimum absolute atomic E-state index is 0.00180. The summed E-state index contributed by atoms with van der Waals surface area (Å²) in [6.45, 7) is 4.94. The molecule has 0 aliphatic heterocycles. The van der Waals surface area contributed by atoms with E-state index in [0.29, 0.717) is 11.3 Å². The highest BCUT2D eigenvalue weighted by Gasteiger charge is 2.60. The van der Waals surface area contributed by atoms with Gasteiger partial charge in [0.2, 0.25) is 0 Å². The van der Waals surface area contributed by atoms with Crippen molar-refractivity contribution >= 4 is 6.08 Å². The van der Waals surface area contributed by atoms with Gasteiger partial charge >= 0.3 is 0 Å². The highest BCUT2D eigenvalue weighted by atomic mass is 19.1. The monoisotopic (exact) mass is 382 g/mol. The van der Waals surface area contributed by atoms with Crippen LogP contribution < -0.4 is 0 Å². The van der Waals surface area contributed by atoms with Crippen molar-refractivity contribution in [1.29, 1.82) is 0 Å². The van der Waals surface area contributed by atoms with Crippen LogP contribution in [0.4, 0.5) is 4.39 Å². The van der Waals surface area contributed by atoms with Crippen LogP contribution >= 0.6 is 0 Å². The number of halogens is 1. The molecule has 28 heavy (non-hydrogen) atoms. The maximum atomic E-state index is 13.6. The quantitative estimate of drug-likeness (QED) is 0.579. The van der Waals surface area contributed by atoms with Crippen molar-refractivity contribution in [3.05, 3.63) is 41.2 Å². The Bertz CT molecular complexity index is 784. The Morgan fingerprint density at radius 3 is 2.68 bits per heavy atom. The summed E-state index contributed by atoms with van der Waals surface area (Å²) in [5.41, 5.74) is 2.55. The molecular weight excluding hydrogens is 347 g/mol. The van der Waals surface area contributed by atoms with Crippen LogP contribution in [-0.2, 0) is 0 Å². The summed E-state index contributed by atoms with van der Waals surface area (Å²) in [5, 5.41) is 11.3. The van der Waals surface area contributed by atoms with Crippen LogP contribution in [-0.4, -0.2) is 11.2 Å². The lowest BCUT2D eigenvalue weighted by Gasteiger charge is -2.60. The van der Waals surface area contributed by atoms with Crippen LogP contribution in [0.1, 0.15) is 77.2 Å². The van der Waals surface area contributed by atoms with Gasteiger partial charge < -0.3 is 5.11 Å². The third-order valence-corrected chi connectivity index (χ3v) is 9.65. The first-order valence-electron chi connectivity index (χ1n) is 11.6. The van der Waals surface area contributed by atoms with Gasteiger partial charge in [-0.05, 0) is 97.3 Å². The molecule has 1 N–H and O–H groups in total. The van der Waals surface area contributed by atoms with Gasteiger partial charge in [-0.25, -0.2) is 4.39 Å². The SMILES string of the molecule is C[C@]12CCCC[C@@H]1CC[C@@H]1[C@@H]2CC[C@]2(C)[C@H](O)/C(=C/c3cccc(F)c3)C[C@@H]12. The minimum Gasteiger partial charge on any atom is -0.388 e. The maximum absolute atomic E-state index is 13.6. The molecule has 0 heterocycles. The predicted octanol–water partition coefficient (Wildman–Crippen LogP) is 6.61. The number of aliphatic hydroxyl groups is 1. The Morgan fingerprint density at radius 1 is 1.00 bits per heavy atom. The molecule has 1 aromatic rings. The molecule has 0 spiro atoms. The van der Waals surface area contributed by atoms with Gasteiger partial charge in [0.1, 0.15) is 5.82 Å². The van der Waals surface area contributed by atoms with Crippen LogP contribution in [0.15, 0.2) is 29.8 Å². The molecule has 4 saturated carbocycles. The number of rotatable bonds is 1. The third-order valence-electron chi connectivity index (χ3n) is 9.65. The highest BCUT2D eigenvalue weighted by molar-refractivity contribution is 5.55. The number of benzene rings is 1. The third kappa shape index (κ3) is 2.74. The highest BCUT2D eigenvalue weighted by Crippen LogP contribution is 2.67. The molecule has 152 valence electrons. The molecule has 4 fully saturated rings. The zero-order valence-corrected chi connectivity index (χ0v) is 17.5. The fourth-order valence-electron chi connectivity index (χ4n) is 8.10. The predicted molar refractivity (Wildman–Crippen MR) is 112 cm³/mol. The van der Waals surface area contributed by atoms with Gasteiger partial charge in [-0.2, -0.15) is 0 Å². The van der Waals surface area contributed by atoms with E-state index >= 15 is 0 Å². The zero-order chi connectivity index (χ0) is 19.5. The van der Waals surface area contributed by atoms with Gasteiger partial charge in [0, 0.05) is 5.41 Å². The first-order valence-corrected chi connectivity index (χ1v) is 11.6. The number of hydrogen-bond donors (Lipinski definition) is 1. The van der Waals surface area contributed by atoms with E-state index < -0.39 is 0 Å². The van der Waals surface area contributed by atoms with E-state index in [1.807, 2.05) is 6.07 Å². The van der Waals surface area contributed by atoms with Gasteiger partial charge in [0.05, 0.1) is 6.10 Å². The molecule has 0 amide bonds. The molecule has 0 radical (unpaired) electrons. The first kappa shape index (κ1) is 18.9. The molecule has 4 aliphatic carbocycles. The van der Waals surface area contributed by atoms with Crippen molar-refractivity contribution in [3.8, 4) is 0 Å². The Morgan fingerprint density at radius 2 is 1.86 bits per heavy atom. The van der Waals surface area contributed by atoms with Crippen molar-refractivity contribution < 1.29 is 9.50 Å². The van der Waals surface area contributed by atoms with Crippen molar-refractivity contribution in [2.45, 2.75) is 77.7 Å². The summed E-state index contributed by atoms with van der Waals surface area (Å²) in [6, 6.07) is 6.78. The van der Waals surface area contributed by atoms with Crippen molar-refractivity contribution in [3.63, 3.8) is 0 Å². The van der Waals surface area contributed by atoms with Crippen LogP contribution in [0.5, 0.6) is 0 Å². The molecule has 5 rings (SSSR count). The lowest BCUT2D eigenvalue weighted by atomic mass is 9.45. The molecule has 0 aromatic heterocycles. The fourth-order valence-corrected chi connectivity index (χ4v) is 8.10. The summed E-state index contributed by atoms with van der Waals surface area (Å²) >= 11 is 0. The summed E-state index contributed by atoms with van der Waals surface area (Å²) in [7, 11) is 0. The molecule has 1 nitrogen and oxygen atoms in total. The smallest absolute Gasteiger partial charge is 0.123 e. The fraction of sp³-hybridized carbons (Fsp3) is 0.692. The molecule has 1 aromatic carbocycles. The summed E-state index contributed by atoms with van der Waals surface area (Å²) in [5.74, 6) is 2.91. The number of aliphatic hydroxyl groups excluding tert-OH is 1. The van der Waals surface area contributed by atoms with E-state index in [9.17, 15) is 9.50 Å². The molecule has 7 atom stereocenters. The Hall–Kier alpha value is -1.15. The van der Waals surface area contributed by atoms with Gasteiger partial charge in [0.25, 0.3) is 0 Å². The summed E-state index contributed by atoms with van der Waals surface area (Å²) in [4.78, 5) is 0. The molecule has 4 aliphatic rings. The largest absolute Gasteiger partial charge is 0.388 e. The molecule has 0 saturated heterocycles. The second-order valence-electron chi connectivity index (χ2n) is 10.8. The summed E-state index contributed by atoms with van der Waals surface area (Å²) < 4.78 is 13.6. The van der Waals surface area contributed by atoms with Gasteiger partial charge in [0.15, 0.2) is 0 Å². The van der Waals surface area contributed by atoms with E-state index in [0.717, 1.165) is 41.7 Å². The lowest BCUT2D eigenvalue weighted by Crippen LogP contribution is -2.53. The van der Waals surface area contributed by atoms with Crippen LogP contribution in [0.3, 0.4) is 0 Å².